The summed E-state index contributed by atoms with van der Waals surface area (Å²) in [5.41, 5.74) is 2.05. The van der Waals surface area contributed by atoms with Gasteiger partial charge in [-0.3, -0.25) is 0 Å². The van der Waals surface area contributed by atoms with Crippen LogP contribution >= 0.6 is 11.3 Å². The highest BCUT2D eigenvalue weighted by molar-refractivity contribution is 7.09. The van der Waals surface area contributed by atoms with Crippen molar-refractivity contribution in [1.82, 2.24) is 4.98 Å². The summed E-state index contributed by atoms with van der Waals surface area (Å²) in [6.45, 7) is 8.54. The van der Waals surface area contributed by atoms with Gasteiger partial charge in [0.2, 0.25) is 0 Å². The molecule has 0 aliphatic carbocycles. The molecular weight excluding hydrogens is 245 g/mol. The van der Waals surface area contributed by atoms with Gasteiger partial charge in [-0.15, -0.1) is 11.3 Å². The second-order valence-electron chi connectivity index (χ2n) is 5.36. The molecule has 0 N–H and O–H groups in total. The van der Waals surface area contributed by atoms with Crippen molar-refractivity contribution in [3.05, 3.63) is 51.7 Å². The number of hydrogen-bond acceptors (Lipinski definition) is 2. The Bertz CT molecular complexity index is 526. The Morgan fingerprint density at radius 3 is 2.28 bits per heavy atom. The summed E-state index contributed by atoms with van der Waals surface area (Å²) in [7, 11) is 0. The Morgan fingerprint density at radius 1 is 1.17 bits per heavy atom. The van der Waals surface area contributed by atoms with Gasteiger partial charge >= 0.3 is 0 Å². The molecule has 1 heterocycles. The van der Waals surface area contributed by atoms with Gasteiger partial charge in [0.05, 0.1) is 5.69 Å². The molecule has 1 aromatic carbocycles. The summed E-state index contributed by atoms with van der Waals surface area (Å²) in [6, 6.07) is 6.69. The molecule has 3 heteroatoms. The van der Waals surface area contributed by atoms with Gasteiger partial charge in [-0.1, -0.05) is 26.0 Å². The van der Waals surface area contributed by atoms with E-state index in [1.807, 2.05) is 12.1 Å². The number of thiazole rings is 1. The highest BCUT2D eigenvalue weighted by atomic mass is 32.1. The molecule has 0 spiro atoms. The van der Waals surface area contributed by atoms with Crippen LogP contribution in [0.4, 0.5) is 4.39 Å². The van der Waals surface area contributed by atoms with Gasteiger partial charge in [0.15, 0.2) is 0 Å². The van der Waals surface area contributed by atoms with Crippen LogP contribution in [0.25, 0.3) is 0 Å². The number of halogens is 1. The second kappa shape index (κ2) is 4.81. The van der Waals surface area contributed by atoms with Crippen LogP contribution in [0.3, 0.4) is 0 Å². The molecular formula is C15H18FNS. The van der Waals surface area contributed by atoms with Crippen molar-refractivity contribution < 1.29 is 4.39 Å². The SMILES string of the molecule is CC(C)c1csc(C(C)(C)c2ccc(F)cc2)n1. The zero-order valence-electron chi connectivity index (χ0n) is 11.2. The monoisotopic (exact) mass is 263 g/mol. The molecule has 0 aliphatic heterocycles. The Balaban J connectivity index is 2.37. The van der Waals surface area contributed by atoms with E-state index in [0.717, 1.165) is 16.3 Å². The molecule has 0 bridgehead atoms. The van der Waals surface area contributed by atoms with Crippen LogP contribution in [0, 0.1) is 5.82 Å². The second-order valence-corrected chi connectivity index (χ2v) is 6.22. The standard InChI is InChI=1S/C15H18FNS/c1-10(2)13-9-18-14(17-13)15(3,4)11-5-7-12(16)8-6-11/h5-10H,1-4H3. The van der Waals surface area contributed by atoms with E-state index in [2.05, 4.69) is 33.1 Å². The average molecular weight is 263 g/mol. The first-order valence-corrected chi connectivity index (χ1v) is 7.01. The molecule has 18 heavy (non-hydrogen) atoms. The first kappa shape index (κ1) is 13.2. The quantitative estimate of drug-likeness (QED) is 0.780. The number of aromatic nitrogens is 1. The highest BCUT2D eigenvalue weighted by Gasteiger charge is 2.26. The first-order chi connectivity index (χ1) is 8.41. The fourth-order valence-electron chi connectivity index (χ4n) is 1.83. The van der Waals surface area contributed by atoms with E-state index < -0.39 is 0 Å². The minimum absolute atomic E-state index is 0.175. The zero-order valence-corrected chi connectivity index (χ0v) is 12.0. The minimum Gasteiger partial charge on any atom is -0.245 e. The van der Waals surface area contributed by atoms with Crippen LogP contribution in [-0.4, -0.2) is 4.98 Å². The maximum Gasteiger partial charge on any atom is 0.123 e. The van der Waals surface area contributed by atoms with E-state index in [0.29, 0.717) is 5.92 Å². The van der Waals surface area contributed by atoms with Crippen LogP contribution in [0.2, 0.25) is 0 Å². The van der Waals surface area contributed by atoms with Crippen molar-refractivity contribution in [3.63, 3.8) is 0 Å². The molecule has 1 nitrogen and oxygen atoms in total. The fraction of sp³-hybridized carbons (Fsp3) is 0.400. The Labute approximate surface area is 112 Å². The van der Waals surface area contributed by atoms with Gasteiger partial charge in [-0.25, -0.2) is 9.37 Å². The molecule has 0 fully saturated rings. The van der Waals surface area contributed by atoms with Gasteiger partial charge in [0.1, 0.15) is 10.8 Å². The maximum absolute atomic E-state index is 13.0. The van der Waals surface area contributed by atoms with Crippen molar-refractivity contribution in [2.45, 2.75) is 39.0 Å². The van der Waals surface area contributed by atoms with E-state index in [4.69, 9.17) is 4.98 Å². The Hall–Kier alpha value is -1.22. The molecule has 0 aliphatic rings. The van der Waals surface area contributed by atoms with Crippen molar-refractivity contribution >= 4 is 11.3 Å². The number of rotatable bonds is 3. The summed E-state index contributed by atoms with van der Waals surface area (Å²) >= 11 is 1.68. The summed E-state index contributed by atoms with van der Waals surface area (Å²) in [5, 5.41) is 3.20. The van der Waals surface area contributed by atoms with Gasteiger partial charge in [-0.05, 0) is 37.5 Å². The lowest BCUT2D eigenvalue weighted by Gasteiger charge is -2.22. The third-order valence-corrected chi connectivity index (χ3v) is 4.40. The molecule has 0 saturated carbocycles. The van der Waals surface area contributed by atoms with Crippen molar-refractivity contribution in [2.75, 3.05) is 0 Å². The third-order valence-electron chi connectivity index (χ3n) is 3.21. The number of benzene rings is 1. The lowest BCUT2D eigenvalue weighted by molar-refractivity contribution is 0.609. The Morgan fingerprint density at radius 2 is 1.78 bits per heavy atom. The van der Waals surface area contributed by atoms with E-state index in [1.165, 1.54) is 12.1 Å². The van der Waals surface area contributed by atoms with Crippen molar-refractivity contribution in [2.24, 2.45) is 0 Å². The van der Waals surface area contributed by atoms with Gasteiger partial charge in [0, 0.05) is 10.8 Å². The van der Waals surface area contributed by atoms with E-state index in [9.17, 15) is 4.39 Å². The van der Waals surface area contributed by atoms with Gasteiger partial charge in [0.25, 0.3) is 0 Å². The first-order valence-electron chi connectivity index (χ1n) is 6.13. The molecule has 0 atom stereocenters. The van der Waals surface area contributed by atoms with E-state index in [-0.39, 0.29) is 11.2 Å². The van der Waals surface area contributed by atoms with Crippen molar-refractivity contribution in [1.29, 1.82) is 0 Å². The van der Waals surface area contributed by atoms with Gasteiger partial charge < -0.3 is 0 Å². The molecule has 1 aromatic heterocycles. The fourth-order valence-corrected chi connectivity index (χ4v) is 2.96. The molecule has 96 valence electrons. The normalized spacial score (nSPS) is 12.1. The molecule has 0 unspecified atom stereocenters. The molecule has 0 amide bonds. The summed E-state index contributed by atoms with van der Waals surface area (Å²) in [4.78, 5) is 4.71. The van der Waals surface area contributed by atoms with Crippen LogP contribution in [0.5, 0.6) is 0 Å². The van der Waals surface area contributed by atoms with Crippen LogP contribution in [0.1, 0.15) is 49.9 Å². The molecule has 2 rings (SSSR count). The molecule has 2 aromatic rings. The summed E-state index contributed by atoms with van der Waals surface area (Å²) < 4.78 is 13.0. The van der Waals surface area contributed by atoms with Crippen LogP contribution in [-0.2, 0) is 5.41 Å². The maximum atomic E-state index is 13.0. The third kappa shape index (κ3) is 2.46. The van der Waals surface area contributed by atoms with Crippen LogP contribution in [0.15, 0.2) is 29.6 Å². The summed E-state index contributed by atoms with van der Waals surface area (Å²) in [6.07, 6.45) is 0. The van der Waals surface area contributed by atoms with Crippen molar-refractivity contribution in [3.8, 4) is 0 Å². The lowest BCUT2D eigenvalue weighted by Crippen LogP contribution is -2.18. The molecule has 0 radical (unpaired) electrons. The minimum atomic E-state index is -0.198. The van der Waals surface area contributed by atoms with Gasteiger partial charge in [-0.2, -0.15) is 0 Å². The zero-order chi connectivity index (χ0) is 13.3. The Kier molecular flexibility index (Phi) is 3.53. The lowest BCUT2D eigenvalue weighted by atomic mass is 9.85. The summed E-state index contributed by atoms with van der Waals surface area (Å²) in [5.74, 6) is 0.246. The van der Waals surface area contributed by atoms with E-state index in [1.54, 1.807) is 11.3 Å². The van der Waals surface area contributed by atoms with E-state index >= 15 is 0 Å². The largest absolute Gasteiger partial charge is 0.245 e. The smallest absolute Gasteiger partial charge is 0.123 e. The van der Waals surface area contributed by atoms with Crippen LogP contribution < -0.4 is 0 Å². The predicted molar refractivity (Wildman–Crippen MR) is 74.7 cm³/mol. The average Bonchev–Trinajstić information content (AvgIpc) is 2.79. The number of nitrogens with zero attached hydrogens (tertiary/aromatic N) is 1. The topological polar surface area (TPSA) is 12.9 Å². The predicted octanol–water partition coefficient (Wildman–Crippen LogP) is 4.73. The molecule has 0 saturated heterocycles. The highest BCUT2D eigenvalue weighted by Crippen LogP contribution is 2.34. The number of hydrogen-bond donors (Lipinski definition) is 0.